The summed E-state index contributed by atoms with van der Waals surface area (Å²) < 4.78 is 0. The van der Waals surface area contributed by atoms with Gasteiger partial charge in [-0.05, 0) is 36.6 Å². The first-order valence-electron chi connectivity index (χ1n) is 7.51. The molecule has 0 spiro atoms. The number of aromatic nitrogens is 2. The molecule has 0 aliphatic rings. The molecule has 0 aliphatic carbocycles. The standard InChI is InChI=1S/C17H19N3OS/c1-2-3-14-10-15-16(19-11-20-17(15)22-14)18-9-8-12-4-6-13(21)7-5-12/h4-7,10-11,21H,2-3,8-9H2,1H3,(H,18,19,20). The Morgan fingerprint density at radius 2 is 1.95 bits per heavy atom. The van der Waals surface area contributed by atoms with E-state index in [-0.39, 0.29) is 0 Å². The number of anilines is 1. The summed E-state index contributed by atoms with van der Waals surface area (Å²) in [7, 11) is 0. The van der Waals surface area contributed by atoms with E-state index in [1.54, 1.807) is 29.8 Å². The monoisotopic (exact) mass is 313 g/mol. The Kier molecular flexibility index (Phi) is 4.53. The van der Waals surface area contributed by atoms with E-state index >= 15 is 0 Å². The Morgan fingerprint density at radius 3 is 2.73 bits per heavy atom. The number of thiophene rings is 1. The van der Waals surface area contributed by atoms with Gasteiger partial charge < -0.3 is 10.4 Å². The van der Waals surface area contributed by atoms with Crippen LogP contribution < -0.4 is 5.32 Å². The van der Waals surface area contributed by atoms with Gasteiger partial charge in [0.1, 0.15) is 22.7 Å². The molecule has 0 saturated carbocycles. The van der Waals surface area contributed by atoms with Crippen LogP contribution in [0.1, 0.15) is 23.8 Å². The van der Waals surface area contributed by atoms with Gasteiger partial charge in [0.2, 0.25) is 0 Å². The second kappa shape index (κ2) is 6.75. The number of phenolic OH excluding ortho intramolecular Hbond substituents is 1. The largest absolute Gasteiger partial charge is 0.508 e. The van der Waals surface area contributed by atoms with Gasteiger partial charge in [-0.2, -0.15) is 0 Å². The van der Waals surface area contributed by atoms with E-state index in [1.165, 1.54) is 10.4 Å². The van der Waals surface area contributed by atoms with Crippen LogP contribution >= 0.6 is 11.3 Å². The van der Waals surface area contributed by atoms with Crippen LogP contribution in [0.3, 0.4) is 0 Å². The van der Waals surface area contributed by atoms with Crippen LogP contribution in [0.4, 0.5) is 5.82 Å². The summed E-state index contributed by atoms with van der Waals surface area (Å²) in [6.07, 6.45) is 4.74. The summed E-state index contributed by atoms with van der Waals surface area (Å²) in [5.74, 6) is 1.21. The second-order valence-corrected chi connectivity index (χ2v) is 6.36. The van der Waals surface area contributed by atoms with Crippen LogP contribution in [-0.2, 0) is 12.8 Å². The molecule has 3 rings (SSSR count). The van der Waals surface area contributed by atoms with Crippen molar-refractivity contribution in [1.29, 1.82) is 0 Å². The zero-order valence-electron chi connectivity index (χ0n) is 12.5. The number of aryl methyl sites for hydroxylation is 1. The van der Waals surface area contributed by atoms with Crippen molar-refractivity contribution >= 4 is 27.4 Å². The molecular formula is C17H19N3OS. The number of nitrogens with one attached hydrogen (secondary N) is 1. The first-order valence-corrected chi connectivity index (χ1v) is 8.33. The molecule has 0 aliphatic heterocycles. The minimum Gasteiger partial charge on any atom is -0.508 e. The molecular weight excluding hydrogens is 294 g/mol. The topological polar surface area (TPSA) is 58.0 Å². The van der Waals surface area contributed by atoms with Crippen molar-refractivity contribution in [2.24, 2.45) is 0 Å². The quantitative estimate of drug-likeness (QED) is 0.722. The van der Waals surface area contributed by atoms with Crippen molar-refractivity contribution in [1.82, 2.24) is 9.97 Å². The molecule has 0 radical (unpaired) electrons. The third-order valence-corrected chi connectivity index (χ3v) is 4.62. The molecule has 114 valence electrons. The van der Waals surface area contributed by atoms with E-state index in [0.717, 1.165) is 41.8 Å². The molecule has 2 heterocycles. The summed E-state index contributed by atoms with van der Waals surface area (Å²) in [5, 5.41) is 13.8. The number of nitrogens with zero attached hydrogens (tertiary/aromatic N) is 2. The van der Waals surface area contributed by atoms with Crippen LogP contribution in [0.5, 0.6) is 5.75 Å². The highest BCUT2D eigenvalue weighted by atomic mass is 32.1. The third-order valence-electron chi connectivity index (χ3n) is 3.52. The van der Waals surface area contributed by atoms with E-state index in [4.69, 9.17) is 0 Å². The van der Waals surface area contributed by atoms with Crippen molar-refractivity contribution in [3.05, 3.63) is 47.1 Å². The SMILES string of the molecule is CCCc1cc2c(NCCc3ccc(O)cc3)ncnc2s1. The molecule has 5 heteroatoms. The normalized spacial score (nSPS) is 11.0. The maximum atomic E-state index is 9.29. The molecule has 22 heavy (non-hydrogen) atoms. The lowest BCUT2D eigenvalue weighted by molar-refractivity contribution is 0.475. The molecule has 1 aromatic carbocycles. The first kappa shape index (κ1) is 14.8. The maximum absolute atomic E-state index is 9.29. The lowest BCUT2D eigenvalue weighted by Crippen LogP contribution is -2.06. The molecule has 4 nitrogen and oxygen atoms in total. The fourth-order valence-corrected chi connectivity index (χ4v) is 3.50. The molecule has 0 atom stereocenters. The van der Waals surface area contributed by atoms with Gasteiger partial charge in [-0.3, -0.25) is 0 Å². The number of hydrogen-bond donors (Lipinski definition) is 2. The van der Waals surface area contributed by atoms with Crippen molar-refractivity contribution < 1.29 is 5.11 Å². The lowest BCUT2D eigenvalue weighted by Gasteiger charge is -2.06. The van der Waals surface area contributed by atoms with Gasteiger partial charge in [-0.15, -0.1) is 11.3 Å². The van der Waals surface area contributed by atoms with Gasteiger partial charge in [0.15, 0.2) is 0 Å². The Bertz CT molecular complexity index is 752. The fourth-order valence-electron chi connectivity index (χ4n) is 2.40. The van der Waals surface area contributed by atoms with Crippen molar-refractivity contribution in [3.63, 3.8) is 0 Å². The highest BCUT2D eigenvalue weighted by molar-refractivity contribution is 7.18. The summed E-state index contributed by atoms with van der Waals surface area (Å²) in [6.45, 7) is 2.99. The van der Waals surface area contributed by atoms with Gasteiger partial charge in [0, 0.05) is 11.4 Å². The van der Waals surface area contributed by atoms with E-state index in [0.29, 0.717) is 5.75 Å². The maximum Gasteiger partial charge on any atom is 0.138 e. The Labute approximate surface area is 133 Å². The van der Waals surface area contributed by atoms with Gasteiger partial charge in [0.25, 0.3) is 0 Å². The fraction of sp³-hybridized carbons (Fsp3) is 0.294. The molecule has 0 saturated heterocycles. The van der Waals surface area contributed by atoms with Crippen molar-refractivity contribution in [2.45, 2.75) is 26.2 Å². The van der Waals surface area contributed by atoms with Gasteiger partial charge in [-0.25, -0.2) is 9.97 Å². The molecule has 0 bridgehead atoms. The molecule has 0 amide bonds. The number of benzene rings is 1. The van der Waals surface area contributed by atoms with E-state index in [1.807, 2.05) is 12.1 Å². The summed E-state index contributed by atoms with van der Waals surface area (Å²) in [5.41, 5.74) is 1.19. The van der Waals surface area contributed by atoms with E-state index in [2.05, 4.69) is 28.3 Å². The van der Waals surface area contributed by atoms with Crippen LogP contribution in [0.15, 0.2) is 36.7 Å². The highest BCUT2D eigenvalue weighted by Gasteiger charge is 2.08. The highest BCUT2D eigenvalue weighted by Crippen LogP contribution is 2.28. The number of fused-ring (bicyclic) bond motifs is 1. The predicted molar refractivity (Wildman–Crippen MR) is 91.7 cm³/mol. The van der Waals surface area contributed by atoms with Gasteiger partial charge >= 0.3 is 0 Å². The zero-order valence-corrected chi connectivity index (χ0v) is 13.4. The average molecular weight is 313 g/mol. The number of rotatable bonds is 6. The average Bonchev–Trinajstić information content (AvgIpc) is 2.93. The van der Waals surface area contributed by atoms with E-state index < -0.39 is 0 Å². The molecule has 0 unspecified atom stereocenters. The number of hydrogen-bond acceptors (Lipinski definition) is 5. The minimum atomic E-state index is 0.302. The van der Waals surface area contributed by atoms with Gasteiger partial charge in [0.05, 0.1) is 5.39 Å². The molecule has 0 fully saturated rings. The summed E-state index contributed by atoms with van der Waals surface area (Å²) in [4.78, 5) is 11.1. The van der Waals surface area contributed by atoms with E-state index in [9.17, 15) is 5.11 Å². The predicted octanol–water partition coefficient (Wildman–Crippen LogP) is 4.00. The molecule has 2 aromatic heterocycles. The first-order chi connectivity index (χ1) is 10.8. The van der Waals surface area contributed by atoms with Crippen LogP contribution in [0, 0.1) is 0 Å². The third kappa shape index (κ3) is 3.36. The summed E-state index contributed by atoms with van der Waals surface area (Å²) in [6, 6.07) is 9.52. The van der Waals surface area contributed by atoms with Crippen LogP contribution in [-0.4, -0.2) is 21.6 Å². The number of aromatic hydroxyl groups is 1. The zero-order chi connectivity index (χ0) is 15.4. The van der Waals surface area contributed by atoms with Crippen LogP contribution in [0.2, 0.25) is 0 Å². The summed E-state index contributed by atoms with van der Waals surface area (Å²) >= 11 is 1.75. The molecule has 2 N–H and O–H groups in total. The Morgan fingerprint density at radius 1 is 1.14 bits per heavy atom. The van der Waals surface area contributed by atoms with Gasteiger partial charge in [-0.1, -0.05) is 25.5 Å². The smallest absolute Gasteiger partial charge is 0.138 e. The second-order valence-electron chi connectivity index (χ2n) is 5.25. The number of phenols is 1. The Balaban J connectivity index is 1.69. The Hall–Kier alpha value is -2.14. The van der Waals surface area contributed by atoms with Crippen molar-refractivity contribution in [2.75, 3.05) is 11.9 Å². The minimum absolute atomic E-state index is 0.302. The molecule has 3 aromatic rings. The van der Waals surface area contributed by atoms with Crippen molar-refractivity contribution in [3.8, 4) is 5.75 Å². The van der Waals surface area contributed by atoms with Crippen LogP contribution in [0.25, 0.3) is 10.2 Å². The lowest BCUT2D eigenvalue weighted by atomic mass is 10.1.